The second-order valence-electron chi connectivity index (χ2n) is 12.2. The quantitative estimate of drug-likeness (QED) is 0.201. The van der Waals surface area contributed by atoms with Crippen molar-refractivity contribution in [1.29, 1.82) is 0 Å². The number of para-hydroxylation sites is 1. The Morgan fingerprint density at radius 3 is 1.84 bits per heavy atom. The van der Waals surface area contributed by atoms with Crippen molar-refractivity contribution in [3.63, 3.8) is 0 Å². The van der Waals surface area contributed by atoms with Crippen molar-refractivity contribution in [2.45, 2.75) is 19.3 Å². The van der Waals surface area contributed by atoms with E-state index in [2.05, 4.69) is 183 Å². The molecule has 1 heteroatoms. The number of fused-ring (bicyclic) bond motifs is 4. The summed E-state index contributed by atoms with van der Waals surface area (Å²) in [5, 5.41) is 2.53. The molecule has 1 aliphatic rings. The molecule has 1 nitrogen and oxygen atoms in total. The molecule has 7 aromatic rings. The van der Waals surface area contributed by atoms with Gasteiger partial charge >= 0.3 is 0 Å². The standard InChI is InChI=1S/C43H33N/c1-43(2)41-21-9-8-19-39(41)40-27-24-33(29-42(40)43)32-14-10-17-36(28-32)44(34-15-4-3-5-16-34)35-25-22-31(23-26-35)38-20-11-13-30-12-6-7-18-37(30)38/h3-29H,1-2H3. The molecule has 8 rings (SSSR count). The predicted molar refractivity (Wildman–Crippen MR) is 187 cm³/mol. The van der Waals surface area contributed by atoms with E-state index in [1.54, 1.807) is 0 Å². The van der Waals surface area contributed by atoms with Crippen molar-refractivity contribution >= 4 is 27.8 Å². The van der Waals surface area contributed by atoms with Crippen LogP contribution in [0.1, 0.15) is 25.0 Å². The fraction of sp³-hybridized carbons (Fsp3) is 0.0698. The molecule has 0 unspecified atom stereocenters. The van der Waals surface area contributed by atoms with Gasteiger partial charge in [-0.1, -0.05) is 135 Å². The Morgan fingerprint density at radius 2 is 0.977 bits per heavy atom. The van der Waals surface area contributed by atoms with E-state index in [9.17, 15) is 0 Å². The zero-order valence-corrected chi connectivity index (χ0v) is 25.0. The van der Waals surface area contributed by atoms with Gasteiger partial charge < -0.3 is 4.90 Å². The third-order valence-corrected chi connectivity index (χ3v) is 9.26. The van der Waals surface area contributed by atoms with Crippen LogP contribution in [0.5, 0.6) is 0 Å². The van der Waals surface area contributed by atoms with E-state index in [1.807, 2.05) is 0 Å². The molecule has 0 amide bonds. The number of hydrogen-bond donors (Lipinski definition) is 0. The number of hydrogen-bond acceptors (Lipinski definition) is 1. The highest BCUT2D eigenvalue weighted by Crippen LogP contribution is 2.49. The molecule has 210 valence electrons. The van der Waals surface area contributed by atoms with E-state index in [0.717, 1.165) is 17.1 Å². The molecule has 0 radical (unpaired) electrons. The van der Waals surface area contributed by atoms with Crippen molar-refractivity contribution in [3.05, 3.63) is 175 Å². The van der Waals surface area contributed by atoms with Crippen LogP contribution in [0.2, 0.25) is 0 Å². The van der Waals surface area contributed by atoms with E-state index in [1.165, 1.54) is 55.3 Å². The lowest BCUT2D eigenvalue weighted by molar-refractivity contribution is 0.660. The lowest BCUT2D eigenvalue weighted by Gasteiger charge is -2.26. The van der Waals surface area contributed by atoms with Gasteiger partial charge in [-0.3, -0.25) is 0 Å². The van der Waals surface area contributed by atoms with Gasteiger partial charge in [-0.25, -0.2) is 0 Å². The average molecular weight is 564 g/mol. The molecular formula is C43H33N. The van der Waals surface area contributed by atoms with Gasteiger partial charge in [-0.2, -0.15) is 0 Å². The summed E-state index contributed by atoms with van der Waals surface area (Å²) in [4.78, 5) is 2.35. The SMILES string of the molecule is CC1(C)c2ccccc2-c2ccc(-c3cccc(N(c4ccccc4)c4ccc(-c5cccc6ccccc56)cc4)c3)cc21. The fourth-order valence-electron chi connectivity index (χ4n) is 7.00. The summed E-state index contributed by atoms with van der Waals surface area (Å²) in [5.74, 6) is 0. The van der Waals surface area contributed by atoms with Gasteiger partial charge in [-0.15, -0.1) is 0 Å². The molecule has 0 N–H and O–H groups in total. The van der Waals surface area contributed by atoms with E-state index in [4.69, 9.17) is 0 Å². The molecule has 0 saturated heterocycles. The van der Waals surface area contributed by atoms with Gasteiger partial charge in [0.05, 0.1) is 0 Å². The van der Waals surface area contributed by atoms with Crippen LogP contribution in [0.3, 0.4) is 0 Å². The minimum Gasteiger partial charge on any atom is -0.310 e. The molecule has 0 aliphatic heterocycles. The Kier molecular flexibility index (Phi) is 6.20. The Balaban J connectivity index is 1.20. The number of rotatable bonds is 5. The van der Waals surface area contributed by atoms with Gasteiger partial charge in [0.15, 0.2) is 0 Å². The van der Waals surface area contributed by atoms with E-state index >= 15 is 0 Å². The summed E-state index contributed by atoms with van der Waals surface area (Å²) in [7, 11) is 0. The Hall–Kier alpha value is -5.40. The second kappa shape index (κ2) is 10.4. The Bertz CT molecular complexity index is 2130. The first-order valence-electron chi connectivity index (χ1n) is 15.4. The van der Waals surface area contributed by atoms with E-state index in [0.29, 0.717) is 0 Å². The van der Waals surface area contributed by atoms with Crippen molar-refractivity contribution in [3.8, 4) is 33.4 Å². The molecule has 0 saturated carbocycles. The maximum Gasteiger partial charge on any atom is 0.0467 e. The van der Waals surface area contributed by atoms with Crippen LogP contribution in [0.25, 0.3) is 44.2 Å². The van der Waals surface area contributed by atoms with Crippen LogP contribution in [0.15, 0.2) is 164 Å². The van der Waals surface area contributed by atoms with Gasteiger partial charge in [0.1, 0.15) is 0 Å². The van der Waals surface area contributed by atoms with Crippen LogP contribution in [-0.4, -0.2) is 0 Å². The molecule has 7 aromatic carbocycles. The van der Waals surface area contributed by atoms with Crippen molar-refractivity contribution in [1.82, 2.24) is 0 Å². The highest BCUT2D eigenvalue weighted by atomic mass is 15.1. The first-order valence-corrected chi connectivity index (χ1v) is 15.4. The normalized spacial score (nSPS) is 13.0. The van der Waals surface area contributed by atoms with Gasteiger partial charge in [0.25, 0.3) is 0 Å². The van der Waals surface area contributed by atoms with Crippen LogP contribution < -0.4 is 4.90 Å². The zero-order valence-electron chi connectivity index (χ0n) is 25.0. The second-order valence-corrected chi connectivity index (χ2v) is 12.2. The van der Waals surface area contributed by atoms with Gasteiger partial charge in [-0.05, 0) is 97.7 Å². The highest BCUT2D eigenvalue weighted by Gasteiger charge is 2.35. The highest BCUT2D eigenvalue weighted by molar-refractivity contribution is 5.97. The first-order chi connectivity index (χ1) is 21.6. The van der Waals surface area contributed by atoms with Crippen molar-refractivity contribution < 1.29 is 0 Å². The number of benzene rings is 7. The zero-order chi connectivity index (χ0) is 29.7. The van der Waals surface area contributed by atoms with Crippen molar-refractivity contribution in [2.24, 2.45) is 0 Å². The topological polar surface area (TPSA) is 3.24 Å². The third-order valence-electron chi connectivity index (χ3n) is 9.26. The largest absolute Gasteiger partial charge is 0.310 e. The van der Waals surface area contributed by atoms with Crippen molar-refractivity contribution in [2.75, 3.05) is 4.90 Å². The summed E-state index contributed by atoms with van der Waals surface area (Å²) in [6.45, 7) is 4.69. The lowest BCUT2D eigenvalue weighted by Crippen LogP contribution is -2.14. The molecule has 0 heterocycles. The van der Waals surface area contributed by atoms with E-state index in [-0.39, 0.29) is 5.41 Å². The summed E-state index contributed by atoms with van der Waals surface area (Å²) < 4.78 is 0. The van der Waals surface area contributed by atoms with Crippen LogP contribution in [-0.2, 0) is 5.41 Å². The lowest BCUT2D eigenvalue weighted by atomic mass is 9.81. The summed E-state index contributed by atoms with van der Waals surface area (Å²) >= 11 is 0. The molecule has 0 bridgehead atoms. The minimum atomic E-state index is -0.0263. The van der Waals surface area contributed by atoms with Crippen LogP contribution in [0, 0.1) is 0 Å². The fourth-order valence-corrected chi connectivity index (χ4v) is 7.00. The molecule has 44 heavy (non-hydrogen) atoms. The van der Waals surface area contributed by atoms with E-state index < -0.39 is 0 Å². The minimum absolute atomic E-state index is 0.0263. The van der Waals surface area contributed by atoms with Gasteiger partial charge in [0.2, 0.25) is 0 Å². The summed E-state index contributed by atoms with van der Waals surface area (Å²) in [6, 6.07) is 59.5. The molecule has 1 aliphatic carbocycles. The number of nitrogens with zero attached hydrogens (tertiary/aromatic N) is 1. The molecular weight excluding hydrogens is 530 g/mol. The maximum atomic E-state index is 2.40. The number of anilines is 3. The van der Waals surface area contributed by atoms with Gasteiger partial charge in [0, 0.05) is 22.5 Å². The average Bonchev–Trinajstić information content (AvgIpc) is 3.31. The molecule has 0 fully saturated rings. The third kappa shape index (κ3) is 4.32. The summed E-state index contributed by atoms with van der Waals surface area (Å²) in [5.41, 5.74) is 13.8. The summed E-state index contributed by atoms with van der Waals surface area (Å²) in [6.07, 6.45) is 0. The predicted octanol–water partition coefficient (Wildman–Crippen LogP) is 11.9. The molecule has 0 spiro atoms. The Morgan fingerprint density at radius 1 is 0.386 bits per heavy atom. The van der Waals surface area contributed by atoms with Crippen LogP contribution in [0.4, 0.5) is 17.1 Å². The van der Waals surface area contributed by atoms with Crippen LogP contribution >= 0.6 is 0 Å². The molecule has 0 aromatic heterocycles. The Labute approximate surface area is 259 Å². The monoisotopic (exact) mass is 563 g/mol. The maximum absolute atomic E-state index is 2.40. The molecule has 0 atom stereocenters. The smallest absolute Gasteiger partial charge is 0.0467 e. The first kappa shape index (κ1) is 26.2.